The second-order valence-corrected chi connectivity index (χ2v) is 10.7. The van der Waals surface area contributed by atoms with E-state index in [0.29, 0.717) is 24.2 Å². The summed E-state index contributed by atoms with van der Waals surface area (Å²) in [6, 6.07) is 16.4. The van der Waals surface area contributed by atoms with Crippen LogP contribution in [0.5, 0.6) is 0 Å². The predicted molar refractivity (Wildman–Crippen MR) is 137 cm³/mol. The Labute approximate surface area is 204 Å². The van der Waals surface area contributed by atoms with Crippen molar-refractivity contribution >= 4 is 11.8 Å². The number of rotatable bonds is 8. The first kappa shape index (κ1) is 24.5. The third-order valence-electron chi connectivity index (χ3n) is 7.41. The van der Waals surface area contributed by atoms with E-state index in [-0.39, 0.29) is 17.9 Å². The molecule has 2 aliphatic rings. The minimum Gasteiger partial charge on any atom is -0.349 e. The van der Waals surface area contributed by atoms with E-state index in [9.17, 15) is 9.59 Å². The van der Waals surface area contributed by atoms with Crippen molar-refractivity contribution in [3.63, 3.8) is 0 Å². The average Bonchev–Trinajstić information content (AvgIpc) is 3.35. The Balaban J connectivity index is 1.33. The van der Waals surface area contributed by atoms with Gasteiger partial charge in [-0.15, -0.1) is 0 Å². The maximum atomic E-state index is 13.2. The Morgan fingerprint density at radius 3 is 2.12 bits per heavy atom. The lowest BCUT2D eigenvalue weighted by molar-refractivity contribution is -0.122. The van der Waals surface area contributed by atoms with Crippen molar-refractivity contribution in [2.75, 3.05) is 32.7 Å². The molecular weight excluding hydrogens is 422 g/mol. The van der Waals surface area contributed by atoms with Crippen LogP contribution >= 0.6 is 0 Å². The SMILES string of the molecule is Cc1cccc(C)c1C(=O)N1CC2CN(CCC(NC(=O)CC(C)C)c3ccccc3)C[C@H]2C1. The van der Waals surface area contributed by atoms with Gasteiger partial charge in [0.15, 0.2) is 0 Å². The van der Waals surface area contributed by atoms with Crippen molar-refractivity contribution in [1.29, 1.82) is 0 Å². The standard InChI is InChI=1S/C29H39N3O2/c1-20(2)15-27(33)30-26(23-11-6-5-7-12-23)13-14-31-16-24-18-32(19-25(24)17-31)29(34)28-21(3)9-8-10-22(28)4/h5-12,20,24-26H,13-19H2,1-4H3,(H,30,33)/t24-,25?,26?/m0/s1. The smallest absolute Gasteiger partial charge is 0.254 e. The van der Waals surface area contributed by atoms with Crippen LogP contribution in [0.25, 0.3) is 0 Å². The zero-order chi connectivity index (χ0) is 24.2. The van der Waals surface area contributed by atoms with Gasteiger partial charge in [-0.05, 0) is 54.7 Å². The zero-order valence-corrected chi connectivity index (χ0v) is 21.1. The van der Waals surface area contributed by atoms with Crippen LogP contribution in [-0.4, -0.2) is 54.3 Å². The summed E-state index contributed by atoms with van der Waals surface area (Å²) in [5.41, 5.74) is 4.18. The summed E-state index contributed by atoms with van der Waals surface area (Å²) in [6.07, 6.45) is 1.46. The van der Waals surface area contributed by atoms with Gasteiger partial charge in [-0.25, -0.2) is 0 Å². The van der Waals surface area contributed by atoms with Crippen LogP contribution in [0.2, 0.25) is 0 Å². The number of nitrogens with zero attached hydrogens (tertiary/aromatic N) is 2. The van der Waals surface area contributed by atoms with Crippen molar-refractivity contribution in [2.45, 2.75) is 46.6 Å². The summed E-state index contributed by atoms with van der Waals surface area (Å²) >= 11 is 0. The Hall–Kier alpha value is -2.66. The normalized spacial score (nSPS) is 21.0. The van der Waals surface area contributed by atoms with Gasteiger partial charge in [-0.1, -0.05) is 62.4 Å². The second-order valence-electron chi connectivity index (χ2n) is 10.7. The topological polar surface area (TPSA) is 52.7 Å². The van der Waals surface area contributed by atoms with E-state index in [1.54, 1.807) is 0 Å². The lowest BCUT2D eigenvalue weighted by atomic mass is 10.0. The third-order valence-corrected chi connectivity index (χ3v) is 7.41. The number of likely N-dealkylation sites (tertiary alicyclic amines) is 2. The van der Waals surface area contributed by atoms with Crippen molar-refractivity contribution in [3.05, 3.63) is 70.8 Å². The van der Waals surface area contributed by atoms with Gasteiger partial charge < -0.3 is 15.1 Å². The van der Waals surface area contributed by atoms with Crippen LogP contribution in [0.3, 0.4) is 0 Å². The maximum Gasteiger partial charge on any atom is 0.254 e. The summed E-state index contributed by atoms with van der Waals surface area (Å²) in [6.45, 7) is 12.9. The number of aryl methyl sites for hydroxylation is 2. The van der Waals surface area contributed by atoms with Crippen molar-refractivity contribution in [3.8, 4) is 0 Å². The van der Waals surface area contributed by atoms with Gasteiger partial charge in [0.1, 0.15) is 0 Å². The number of fused-ring (bicyclic) bond motifs is 1. The number of benzene rings is 2. The van der Waals surface area contributed by atoms with Crippen LogP contribution in [0.15, 0.2) is 48.5 Å². The quantitative estimate of drug-likeness (QED) is 0.625. The molecule has 1 N–H and O–H groups in total. The molecule has 2 aromatic carbocycles. The molecule has 0 aromatic heterocycles. The zero-order valence-electron chi connectivity index (χ0n) is 21.1. The molecular formula is C29H39N3O2. The molecule has 2 aromatic rings. The molecule has 2 heterocycles. The van der Waals surface area contributed by atoms with E-state index >= 15 is 0 Å². The fraction of sp³-hybridized carbons (Fsp3) is 0.517. The first-order valence-electron chi connectivity index (χ1n) is 12.7. The summed E-state index contributed by atoms with van der Waals surface area (Å²) in [5, 5.41) is 3.27. The number of amides is 2. The van der Waals surface area contributed by atoms with Crippen LogP contribution in [-0.2, 0) is 4.79 Å². The highest BCUT2D eigenvalue weighted by molar-refractivity contribution is 5.97. The van der Waals surface area contributed by atoms with Gasteiger partial charge in [0.05, 0.1) is 6.04 Å². The summed E-state index contributed by atoms with van der Waals surface area (Å²) in [4.78, 5) is 30.3. The van der Waals surface area contributed by atoms with E-state index in [2.05, 4.69) is 41.1 Å². The Morgan fingerprint density at radius 2 is 1.53 bits per heavy atom. The molecule has 2 amide bonds. The van der Waals surface area contributed by atoms with E-state index < -0.39 is 0 Å². The lowest BCUT2D eigenvalue weighted by Crippen LogP contribution is -2.35. The molecule has 0 spiro atoms. The molecule has 2 saturated heterocycles. The molecule has 0 aliphatic carbocycles. The predicted octanol–water partition coefficient (Wildman–Crippen LogP) is 4.60. The average molecular weight is 462 g/mol. The molecule has 3 atom stereocenters. The van der Waals surface area contributed by atoms with Gasteiger partial charge in [0, 0.05) is 44.7 Å². The highest BCUT2D eigenvalue weighted by atomic mass is 16.2. The molecule has 0 saturated carbocycles. The van der Waals surface area contributed by atoms with Crippen LogP contribution < -0.4 is 5.32 Å². The van der Waals surface area contributed by atoms with Crippen LogP contribution in [0.4, 0.5) is 0 Å². The van der Waals surface area contributed by atoms with Gasteiger partial charge in [0.2, 0.25) is 5.91 Å². The van der Waals surface area contributed by atoms with E-state index in [1.807, 2.05) is 50.2 Å². The Morgan fingerprint density at radius 1 is 0.912 bits per heavy atom. The third kappa shape index (κ3) is 5.69. The van der Waals surface area contributed by atoms with Crippen LogP contribution in [0, 0.1) is 31.6 Å². The molecule has 5 nitrogen and oxygen atoms in total. The van der Waals surface area contributed by atoms with Gasteiger partial charge in [-0.2, -0.15) is 0 Å². The molecule has 5 heteroatoms. The summed E-state index contributed by atoms with van der Waals surface area (Å²) in [5.74, 6) is 1.75. The van der Waals surface area contributed by atoms with Crippen molar-refractivity contribution in [2.24, 2.45) is 17.8 Å². The van der Waals surface area contributed by atoms with E-state index in [1.165, 1.54) is 5.56 Å². The molecule has 182 valence electrons. The summed E-state index contributed by atoms with van der Waals surface area (Å²) < 4.78 is 0. The highest BCUT2D eigenvalue weighted by Crippen LogP contribution is 2.33. The van der Waals surface area contributed by atoms with Crippen LogP contribution in [0.1, 0.15) is 59.8 Å². The molecule has 0 radical (unpaired) electrons. The van der Waals surface area contributed by atoms with Gasteiger partial charge in [0.25, 0.3) is 5.91 Å². The first-order chi connectivity index (χ1) is 16.3. The van der Waals surface area contributed by atoms with Crippen molar-refractivity contribution < 1.29 is 9.59 Å². The molecule has 2 aliphatic heterocycles. The number of hydrogen-bond acceptors (Lipinski definition) is 3. The van der Waals surface area contributed by atoms with Gasteiger partial charge >= 0.3 is 0 Å². The highest BCUT2D eigenvalue weighted by Gasteiger charge is 2.42. The number of carbonyl (C=O) groups excluding carboxylic acids is 2. The molecule has 4 rings (SSSR count). The Kier molecular flexibility index (Phi) is 7.72. The second kappa shape index (κ2) is 10.7. The number of hydrogen-bond donors (Lipinski definition) is 1. The minimum atomic E-state index is 0.0370. The largest absolute Gasteiger partial charge is 0.349 e. The van der Waals surface area contributed by atoms with Crippen molar-refractivity contribution in [1.82, 2.24) is 15.1 Å². The fourth-order valence-corrected chi connectivity index (χ4v) is 5.69. The monoisotopic (exact) mass is 461 g/mol. The minimum absolute atomic E-state index is 0.0370. The number of nitrogens with one attached hydrogen (secondary N) is 1. The summed E-state index contributed by atoms with van der Waals surface area (Å²) in [7, 11) is 0. The Bertz CT molecular complexity index is 969. The maximum absolute atomic E-state index is 13.2. The van der Waals surface area contributed by atoms with Gasteiger partial charge in [-0.3, -0.25) is 9.59 Å². The van der Waals surface area contributed by atoms with E-state index in [4.69, 9.17) is 0 Å². The molecule has 34 heavy (non-hydrogen) atoms. The molecule has 0 bridgehead atoms. The lowest BCUT2D eigenvalue weighted by Gasteiger charge is -2.25. The first-order valence-corrected chi connectivity index (χ1v) is 12.7. The molecule has 2 fully saturated rings. The van der Waals surface area contributed by atoms with E-state index in [0.717, 1.165) is 55.8 Å². The fourth-order valence-electron chi connectivity index (χ4n) is 5.69. The number of carbonyl (C=O) groups is 2. The molecule has 2 unspecified atom stereocenters.